The number of carbonyl (C=O) groups excluding carboxylic acids is 1. The number of fused-ring (bicyclic) bond motifs is 1. The van der Waals surface area contributed by atoms with E-state index < -0.39 is 29.2 Å². The summed E-state index contributed by atoms with van der Waals surface area (Å²) in [5.74, 6) is -0.833. The van der Waals surface area contributed by atoms with Crippen molar-refractivity contribution in [1.29, 1.82) is 0 Å². The van der Waals surface area contributed by atoms with Crippen molar-refractivity contribution < 1.29 is 27.6 Å². The number of hydrogen-bond acceptors (Lipinski definition) is 4. The van der Waals surface area contributed by atoms with Gasteiger partial charge in [-0.25, -0.2) is 0 Å². The Balaban J connectivity index is 2.62. The quantitative estimate of drug-likeness (QED) is 0.533. The molecule has 1 N–H and O–H groups in total. The number of halogens is 3. The zero-order valence-electron chi connectivity index (χ0n) is 11.4. The minimum Gasteiger partial charge on any atom is -0.466 e. The summed E-state index contributed by atoms with van der Waals surface area (Å²) < 4.78 is 43.8. The second-order valence-corrected chi connectivity index (χ2v) is 4.45. The van der Waals surface area contributed by atoms with Crippen molar-refractivity contribution >= 4 is 22.6 Å². The Morgan fingerprint density at radius 3 is 2.64 bits per heavy atom. The highest BCUT2D eigenvalue weighted by Crippen LogP contribution is 2.37. The molecule has 0 aliphatic heterocycles. The number of H-pyrrole nitrogens is 1. The summed E-state index contributed by atoms with van der Waals surface area (Å²) in [7, 11) is 0. The lowest BCUT2D eigenvalue weighted by molar-refractivity contribution is -0.384. The van der Waals surface area contributed by atoms with Crippen LogP contribution in [0.2, 0.25) is 0 Å². The molecule has 0 aliphatic carbocycles. The maximum absolute atomic E-state index is 13.1. The number of hydrogen-bond donors (Lipinski definition) is 1. The smallest absolute Gasteiger partial charge is 0.431 e. The number of ether oxygens (including phenoxy) is 1. The third-order valence-electron chi connectivity index (χ3n) is 3.01. The van der Waals surface area contributed by atoms with Crippen LogP contribution in [0.15, 0.2) is 18.2 Å². The Morgan fingerprint density at radius 1 is 1.41 bits per heavy atom. The zero-order valence-corrected chi connectivity index (χ0v) is 11.4. The van der Waals surface area contributed by atoms with Crippen molar-refractivity contribution in [2.75, 3.05) is 6.61 Å². The van der Waals surface area contributed by atoms with Crippen LogP contribution in [0.1, 0.15) is 18.2 Å². The fraction of sp³-hybridized carbons (Fsp3) is 0.308. The van der Waals surface area contributed by atoms with Crippen LogP contribution in [0.5, 0.6) is 0 Å². The Bertz CT molecular complexity index is 737. The van der Waals surface area contributed by atoms with Gasteiger partial charge in [0, 0.05) is 28.6 Å². The molecule has 0 saturated carbocycles. The second kappa shape index (κ2) is 5.66. The number of aromatic nitrogens is 1. The molecule has 2 rings (SSSR count). The van der Waals surface area contributed by atoms with Crippen LogP contribution in [0, 0.1) is 10.1 Å². The maximum Gasteiger partial charge on any atom is 0.431 e. The fourth-order valence-electron chi connectivity index (χ4n) is 2.13. The van der Waals surface area contributed by atoms with Crippen molar-refractivity contribution in [3.05, 3.63) is 39.6 Å². The summed E-state index contributed by atoms with van der Waals surface area (Å²) >= 11 is 0. The molecule has 0 fully saturated rings. The molecule has 0 unspecified atom stereocenters. The van der Waals surface area contributed by atoms with Gasteiger partial charge in [0.1, 0.15) is 5.69 Å². The highest BCUT2D eigenvalue weighted by molar-refractivity contribution is 5.90. The highest BCUT2D eigenvalue weighted by Gasteiger charge is 2.37. The Morgan fingerprint density at radius 2 is 2.09 bits per heavy atom. The number of nitrogens with one attached hydrogen (secondary N) is 1. The number of carbonyl (C=O) groups is 1. The number of nitrogens with zero attached hydrogens (tertiary/aromatic N) is 1. The van der Waals surface area contributed by atoms with E-state index in [2.05, 4.69) is 9.72 Å². The minimum absolute atomic E-state index is 0.0189. The van der Waals surface area contributed by atoms with Gasteiger partial charge in [-0.2, -0.15) is 13.2 Å². The van der Waals surface area contributed by atoms with Gasteiger partial charge < -0.3 is 9.72 Å². The lowest BCUT2D eigenvalue weighted by Gasteiger charge is -2.08. The number of esters is 1. The van der Waals surface area contributed by atoms with Crippen LogP contribution in [0.3, 0.4) is 0 Å². The standard InChI is InChI=1S/C13H11F3N2O4/c1-2-22-11(19)6-9-8-5-7(18(20)21)3-4-10(8)17-12(9)13(14,15)16/h3-5,17H,2,6H2,1H3. The van der Waals surface area contributed by atoms with Gasteiger partial charge in [0.2, 0.25) is 0 Å². The first-order valence-electron chi connectivity index (χ1n) is 6.25. The molecule has 1 heterocycles. The van der Waals surface area contributed by atoms with E-state index in [1.165, 1.54) is 13.0 Å². The van der Waals surface area contributed by atoms with E-state index in [1.54, 1.807) is 0 Å². The van der Waals surface area contributed by atoms with E-state index in [1.807, 2.05) is 0 Å². The average Bonchev–Trinajstić information content (AvgIpc) is 2.77. The van der Waals surface area contributed by atoms with E-state index >= 15 is 0 Å². The van der Waals surface area contributed by atoms with Crippen molar-refractivity contribution in [3.63, 3.8) is 0 Å². The molecule has 9 heteroatoms. The van der Waals surface area contributed by atoms with E-state index in [4.69, 9.17) is 0 Å². The Hall–Kier alpha value is -2.58. The molecule has 0 radical (unpaired) electrons. The molecule has 0 spiro atoms. The predicted octanol–water partition coefficient (Wildman–Crippen LogP) is 3.20. The van der Waals surface area contributed by atoms with E-state index in [9.17, 15) is 28.1 Å². The summed E-state index contributed by atoms with van der Waals surface area (Å²) in [5, 5.41) is 10.7. The molecule has 22 heavy (non-hydrogen) atoms. The first-order chi connectivity index (χ1) is 10.2. The third-order valence-corrected chi connectivity index (χ3v) is 3.01. The van der Waals surface area contributed by atoms with Gasteiger partial charge in [0.15, 0.2) is 0 Å². The van der Waals surface area contributed by atoms with Gasteiger partial charge in [-0.05, 0) is 13.0 Å². The number of nitro groups is 1. The van der Waals surface area contributed by atoms with Gasteiger partial charge in [-0.15, -0.1) is 0 Å². The number of rotatable bonds is 4. The molecular weight excluding hydrogens is 305 g/mol. The number of nitro benzene ring substituents is 1. The molecule has 0 atom stereocenters. The average molecular weight is 316 g/mol. The topological polar surface area (TPSA) is 85.2 Å². The van der Waals surface area contributed by atoms with Crippen molar-refractivity contribution in [3.8, 4) is 0 Å². The molecular formula is C13H11F3N2O4. The summed E-state index contributed by atoms with van der Waals surface area (Å²) in [6.45, 7) is 1.56. The van der Waals surface area contributed by atoms with E-state index in [-0.39, 0.29) is 28.8 Å². The predicted molar refractivity (Wildman–Crippen MR) is 70.3 cm³/mol. The number of alkyl halides is 3. The van der Waals surface area contributed by atoms with Gasteiger partial charge in [-0.3, -0.25) is 14.9 Å². The largest absolute Gasteiger partial charge is 0.466 e. The third kappa shape index (κ3) is 3.02. The lowest BCUT2D eigenvalue weighted by Crippen LogP contribution is -2.13. The summed E-state index contributed by atoms with van der Waals surface area (Å²) in [6, 6.07) is 3.28. The summed E-state index contributed by atoms with van der Waals surface area (Å²) in [5.41, 5.74) is -1.75. The minimum atomic E-state index is -4.71. The van der Waals surface area contributed by atoms with Crippen LogP contribution >= 0.6 is 0 Å². The molecule has 118 valence electrons. The van der Waals surface area contributed by atoms with E-state index in [0.29, 0.717) is 0 Å². The van der Waals surface area contributed by atoms with Gasteiger partial charge in [0.25, 0.3) is 5.69 Å². The first kappa shape index (κ1) is 15.8. The monoisotopic (exact) mass is 316 g/mol. The molecule has 0 bridgehead atoms. The lowest BCUT2D eigenvalue weighted by atomic mass is 10.1. The van der Waals surface area contributed by atoms with Gasteiger partial charge >= 0.3 is 12.1 Å². The van der Waals surface area contributed by atoms with Crippen molar-refractivity contribution in [1.82, 2.24) is 4.98 Å². The van der Waals surface area contributed by atoms with Crippen LogP contribution in [0.25, 0.3) is 10.9 Å². The van der Waals surface area contributed by atoms with Gasteiger partial charge in [-0.1, -0.05) is 0 Å². The molecule has 0 saturated heterocycles. The summed E-state index contributed by atoms with van der Waals surface area (Å²) in [6.07, 6.45) is -5.33. The maximum atomic E-state index is 13.1. The molecule has 6 nitrogen and oxygen atoms in total. The fourth-order valence-corrected chi connectivity index (χ4v) is 2.13. The van der Waals surface area contributed by atoms with Gasteiger partial charge in [0.05, 0.1) is 18.0 Å². The normalized spacial score (nSPS) is 11.6. The Kier molecular flexibility index (Phi) is 4.07. The van der Waals surface area contributed by atoms with Crippen molar-refractivity contribution in [2.24, 2.45) is 0 Å². The molecule has 0 aliphatic rings. The molecule has 2 aromatic rings. The van der Waals surface area contributed by atoms with Crippen molar-refractivity contribution in [2.45, 2.75) is 19.5 Å². The van der Waals surface area contributed by atoms with Crippen LogP contribution < -0.4 is 0 Å². The zero-order chi connectivity index (χ0) is 16.5. The SMILES string of the molecule is CCOC(=O)Cc1c(C(F)(F)F)[nH]c2ccc([N+](=O)[O-])cc12. The Labute approximate surface area is 122 Å². The van der Waals surface area contributed by atoms with E-state index in [0.717, 1.165) is 12.1 Å². The van der Waals surface area contributed by atoms with Crippen LogP contribution in [0.4, 0.5) is 18.9 Å². The van der Waals surface area contributed by atoms with Crippen LogP contribution in [-0.2, 0) is 22.1 Å². The molecule has 1 aromatic carbocycles. The number of benzene rings is 1. The number of aromatic amines is 1. The highest BCUT2D eigenvalue weighted by atomic mass is 19.4. The second-order valence-electron chi connectivity index (χ2n) is 4.45. The van der Waals surface area contributed by atoms with Crippen LogP contribution in [-0.4, -0.2) is 22.5 Å². The number of non-ortho nitro benzene ring substituents is 1. The molecule has 1 aromatic heterocycles. The summed E-state index contributed by atoms with van der Waals surface area (Å²) in [4.78, 5) is 23.7. The molecule has 0 amide bonds. The first-order valence-corrected chi connectivity index (χ1v) is 6.25.